The first-order valence-corrected chi connectivity index (χ1v) is 9.03. The molecular formula is C13H11I3N2O3. The third-order valence-corrected chi connectivity index (χ3v) is 4.89. The summed E-state index contributed by atoms with van der Waals surface area (Å²) >= 11 is 6.74. The topological polar surface area (TPSA) is 77.5 Å². The molecule has 1 heterocycles. The molecule has 8 heteroatoms. The number of rotatable bonds is 4. The van der Waals surface area contributed by atoms with Crippen LogP contribution in [0.3, 0.4) is 0 Å². The molecule has 0 aliphatic carbocycles. The van der Waals surface area contributed by atoms with Crippen LogP contribution in [0.15, 0.2) is 22.6 Å². The van der Waals surface area contributed by atoms with Crippen LogP contribution in [-0.2, 0) is 6.61 Å². The van der Waals surface area contributed by atoms with Crippen LogP contribution in [0.4, 0.5) is 0 Å². The number of ether oxygens (including phenoxy) is 1. The van der Waals surface area contributed by atoms with Crippen molar-refractivity contribution in [2.24, 2.45) is 5.84 Å². The van der Waals surface area contributed by atoms with E-state index < -0.39 is 0 Å². The van der Waals surface area contributed by atoms with Crippen molar-refractivity contribution in [3.63, 3.8) is 0 Å². The van der Waals surface area contributed by atoms with Crippen LogP contribution in [0.5, 0.6) is 5.75 Å². The van der Waals surface area contributed by atoms with Crippen LogP contribution in [0.25, 0.3) is 0 Å². The van der Waals surface area contributed by atoms with E-state index in [0.29, 0.717) is 17.1 Å². The molecule has 0 fully saturated rings. The van der Waals surface area contributed by atoms with Crippen LogP contribution in [0.1, 0.15) is 21.9 Å². The van der Waals surface area contributed by atoms with Gasteiger partial charge in [0.05, 0.1) is 12.7 Å². The van der Waals surface area contributed by atoms with E-state index in [0.717, 1.165) is 16.5 Å². The molecule has 0 radical (unpaired) electrons. The van der Waals surface area contributed by atoms with E-state index in [4.69, 9.17) is 15.0 Å². The Balaban J connectivity index is 2.16. The zero-order chi connectivity index (χ0) is 15.6. The maximum Gasteiger partial charge on any atom is 0.268 e. The summed E-state index contributed by atoms with van der Waals surface area (Å²) in [6.07, 6.45) is 0. The third-order valence-electron chi connectivity index (χ3n) is 2.67. The molecule has 0 spiro atoms. The molecule has 1 aromatic heterocycles. The number of carbonyl (C=O) groups excluding carboxylic acids is 1. The lowest BCUT2D eigenvalue weighted by Gasteiger charge is -2.09. The van der Waals surface area contributed by atoms with Gasteiger partial charge in [-0.1, -0.05) is 0 Å². The van der Waals surface area contributed by atoms with Gasteiger partial charge in [0.15, 0.2) is 0 Å². The van der Waals surface area contributed by atoms with Crippen molar-refractivity contribution in [3.8, 4) is 5.75 Å². The second kappa shape index (κ2) is 7.46. The molecule has 0 saturated heterocycles. The number of benzene rings is 1. The predicted molar refractivity (Wildman–Crippen MR) is 104 cm³/mol. The molecule has 0 aliphatic heterocycles. The Bertz CT molecular complexity index is 662. The number of amides is 1. The van der Waals surface area contributed by atoms with E-state index in [-0.39, 0.29) is 12.5 Å². The number of furan rings is 1. The molecule has 1 aromatic carbocycles. The highest BCUT2D eigenvalue weighted by atomic mass is 127. The number of nitrogen functional groups attached to an aromatic ring is 1. The Labute approximate surface area is 162 Å². The zero-order valence-corrected chi connectivity index (χ0v) is 17.3. The van der Waals surface area contributed by atoms with Crippen LogP contribution in [-0.4, -0.2) is 5.91 Å². The van der Waals surface area contributed by atoms with Crippen molar-refractivity contribution >= 4 is 73.7 Å². The van der Waals surface area contributed by atoms with E-state index in [1.165, 1.54) is 0 Å². The van der Waals surface area contributed by atoms with E-state index >= 15 is 0 Å². The average Bonchev–Trinajstić information content (AvgIpc) is 2.78. The van der Waals surface area contributed by atoms with Crippen LogP contribution < -0.4 is 16.0 Å². The highest BCUT2D eigenvalue weighted by molar-refractivity contribution is 14.1. The molecule has 5 nitrogen and oxygen atoms in total. The lowest BCUT2D eigenvalue weighted by molar-refractivity contribution is 0.0952. The first-order chi connectivity index (χ1) is 9.92. The normalized spacial score (nSPS) is 10.5. The molecule has 0 bridgehead atoms. The van der Waals surface area contributed by atoms with Crippen LogP contribution in [0.2, 0.25) is 0 Å². The number of hydrogen-bond acceptors (Lipinski definition) is 4. The Kier molecular flexibility index (Phi) is 6.14. The molecule has 2 aromatic rings. The fraction of sp³-hybridized carbons (Fsp3) is 0.154. The molecule has 21 heavy (non-hydrogen) atoms. The maximum atomic E-state index is 11.5. The fourth-order valence-corrected chi connectivity index (χ4v) is 5.62. The van der Waals surface area contributed by atoms with E-state index in [1.54, 1.807) is 13.0 Å². The van der Waals surface area contributed by atoms with Crippen molar-refractivity contribution in [2.45, 2.75) is 13.5 Å². The number of carbonyl (C=O) groups is 1. The Hall–Kier alpha value is -0.0800. The Morgan fingerprint density at radius 3 is 2.48 bits per heavy atom. The second-order valence-corrected chi connectivity index (χ2v) is 7.71. The molecule has 0 aliphatic rings. The van der Waals surface area contributed by atoms with Crippen molar-refractivity contribution in [1.29, 1.82) is 0 Å². The van der Waals surface area contributed by atoms with Crippen molar-refractivity contribution in [3.05, 3.63) is 46.0 Å². The summed E-state index contributed by atoms with van der Waals surface area (Å²) in [5, 5.41) is 0. The number of nitrogens with one attached hydrogen (secondary N) is 1. The van der Waals surface area contributed by atoms with E-state index in [1.807, 2.05) is 12.1 Å². The largest absolute Gasteiger partial charge is 0.483 e. The standard InChI is InChI=1S/C13H11I3N2O3/c1-6-9(13(19)18-17)4-8(21-6)5-20-12-10(15)2-7(14)3-11(12)16/h2-4H,5,17H2,1H3,(H,18,19). The van der Waals surface area contributed by atoms with Gasteiger partial charge >= 0.3 is 0 Å². The summed E-state index contributed by atoms with van der Waals surface area (Å²) in [6.45, 7) is 1.97. The van der Waals surface area contributed by atoms with Gasteiger partial charge in [0.25, 0.3) is 5.91 Å². The summed E-state index contributed by atoms with van der Waals surface area (Å²) in [5.74, 6) is 6.66. The molecule has 2 rings (SSSR count). The lowest BCUT2D eigenvalue weighted by Crippen LogP contribution is -2.30. The highest BCUT2D eigenvalue weighted by Gasteiger charge is 2.15. The van der Waals surface area contributed by atoms with Gasteiger partial charge in [-0.05, 0) is 92.9 Å². The monoisotopic (exact) mass is 624 g/mol. The quantitative estimate of drug-likeness (QED) is 0.236. The molecule has 0 saturated carbocycles. The van der Waals surface area contributed by atoms with Gasteiger partial charge in [-0.3, -0.25) is 10.2 Å². The fourth-order valence-electron chi connectivity index (χ4n) is 1.73. The molecular weight excluding hydrogens is 613 g/mol. The Morgan fingerprint density at radius 1 is 1.29 bits per heavy atom. The number of hydrogen-bond donors (Lipinski definition) is 2. The number of hydrazine groups is 1. The highest BCUT2D eigenvalue weighted by Crippen LogP contribution is 2.30. The minimum atomic E-state index is -0.374. The molecule has 3 N–H and O–H groups in total. The van der Waals surface area contributed by atoms with E-state index in [9.17, 15) is 4.79 Å². The average molecular weight is 624 g/mol. The number of aryl methyl sites for hydroxylation is 1. The van der Waals surface area contributed by atoms with Crippen molar-refractivity contribution < 1.29 is 13.9 Å². The summed E-state index contributed by atoms with van der Waals surface area (Å²) in [5.41, 5.74) is 2.51. The molecule has 112 valence electrons. The Morgan fingerprint density at radius 2 is 1.90 bits per heavy atom. The van der Waals surface area contributed by atoms with Crippen molar-refractivity contribution in [2.75, 3.05) is 0 Å². The van der Waals surface area contributed by atoms with E-state index in [2.05, 4.69) is 73.2 Å². The van der Waals surface area contributed by atoms with Gasteiger partial charge in [0.1, 0.15) is 23.9 Å². The third kappa shape index (κ3) is 4.22. The zero-order valence-electron chi connectivity index (χ0n) is 10.9. The van der Waals surface area contributed by atoms with Gasteiger partial charge in [-0.15, -0.1) is 0 Å². The molecule has 0 atom stereocenters. The number of halogens is 3. The van der Waals surface area contributed by atoms with Crippen LogP contribution >= 0.6 is 67.8 Å². The first-order valence-electron chi connectivity index (χ1n) is 5.80. The minimum absolute atomic E-state index is 0.255. The first kappa shape index (κ1) is 17.3. The smallest absolute Gasteiger partial charge is 0.268 e. The van der Waals surface area contributed by atoms with Gasteiger partial charge in [-0.25, -0.2) is 5.84 Å². The maximum absolute atomic E-state index is 11.5. The van der Waals surface area contributed by atoms with Gasteiger partial charge < -0.3 is 9.15 Å². The lowest BCUT2D eigenvalue weighted by atomic mass is 10.2. The number of nitrogens with two attached hydrogens (primary N) is 1. The van der Waals surface area contributed by atoms with Gasteiger partial charge in [0, 0.05) is 3.57 Å². The summed E-state index contributed by atoms with van der Waals surface area (Å²) in [7, 11) is 0. The predicted octanol–water partition coefficient (Wildman–Crippen LogP) is 3.58. The molecule has 0 unspecified atom stereocenters. The minimum Gasteiger partial charge on any atom is -0.483 e. The second-order valence-electron chi connectivity index (χ2n) is 4.14. The van der Waals surface area contributed by atoms with Crippen molar-refractivity contribution in [1.82, 2.24) is 5.43 Å². The summed E-state index contributed by atoms with van der Waals surface area (Å²) in [4.78, 5) is 11.5. The van der Waals surface area contributed by atoms with Gasteiger partial charge in [0.2, 0.25) is 0 Å². The van der Waals surface area contributed by atoms with Crippen LogP contribution in [0, 0.1) is 17.6 Å². The summed E-state index contributed by atoms with van der Waals surface area (Å²) in [6, 6.07) is 5.72. The van der Waals surface area contributed by atoms with Gasteiger partial charge in [-0.2, -0.15) is 0 Å². The SMILES string of the molecule is Cc1oc(COc2c(I)cc(I)cc2I)cc1C(=O)NN. The summed E-state index contributed by atoms with van der Waals surface area (Å²) < 4.78 is 14.6. The molecule has 1 amide bonds.